The lowest BCUT2D eigenvalue weighted by Crippen LogP contribution is -2.11. The predicted molar refractivity (Wildman–Crippen MR) is 105 cm³/mol. The number of imidazole rings is 1. The molecule has 128 valence electrons. The maximum absolute atomic E-state index is 6.02. The van der Waals surface area contributed by atoms with E-state index in [4.69, 9.17) is 21.6 Å². The smallest absolute Gasteiger partial charge is 0.152 e. The van der Waals surface area contributed by atoms with Crippen LogP contribution in [0.25, 0.3) is 11.0 Å². The molecule has 3 nitrogen and oxygen atoms in total. The molecule has 0 bridgehead atoms. The molecule has 0 radical (unpaired) electrons. The molecule has 3 aromatic rings. The summed E-state index contributed by atoms with van der Waals surface area (Å²) in [5.74, 6) is 0.932. The summed E-state index contributed by atoms with van der Waals surface area (Å²) in [5, 5.41) is 0.762. The molecule has 25 heavy (non-hydrogen) atoms. The molecule has 4 heteroatoms. The molecule has 2 aromatic carbocycles. The van der Waals surface area contributed by atoms with Gasteiger partial charge in [-0.15, -0.1) is 0 Å². The van der Waals surface area contributed by atoms with Gasteiger partial charge in [-0.3, -0.25) is 4.99 Å². The maximum atomic E-state index is 6.02. The summed E-state index contributed by atoms with van der Waals surface area (Å²) < 4.78 is 2.24. The molecule has 1 saturated carbocycles. The number of rotatable bonds is 4. The highest BCUT2D eigenvalue weighted by Gasteiger charge is 2.13. The number of para-hydroxylation sites is 2. The lowest BCUT2D eigenvalue weighted by atomic mass is 9.96. The number of halogens is 1. The third-order valence-corrected chi connectivity index (χ3v) is 5.17. The van der Waals surface area contributed by atoms with E-state index in [1.807, 2.05) is 24.4 Å². The lowest BCUT2D eigenvalue weighted by Gasteiger charge is -2.17. The number of aliphatic imine (C=N–C) groups is 1. The fraction of sp³-hybridized carbons (Fsp3) is 0.333. The van der Waals surface area contributed by atoms with Gasteiger partial charge in [-0.1, -0.05) is 55.1 Å². The van der Waals surface area contributed by atoms with Gasteiger partial charge >= 0.3 is 0 Å². The number of hydrogen-bond acceptors (Lipinski definition) is 2. The normalized spacial score (nSPS) is 16.0. The summed E-state index contributed by atoms with van der Waals surface area (Å²) in [6.45, 7) is 0.768. The highest BCUT2D eigenvalue weighted by atomic mass is 35.5. The predicted octanol–water partition coefficient (Wildman–Crippen LogP) is 5.49. The highest BCUT2D eigenvalue weighted by Crippen LogP contribution is 2.21. The third-order valence-electron chi connectivity index (χ3n) is 4.91. The summed E-state index contributed by atoms with van der Waals surface area (Å²) in [6.07, 6.45) is 8.32. The van der Waals surface area contributed by atoms with Crippen LogP contribution in [0.2, 0.25) is 5.02 Å². The van der Waals surface area contributed by atoms with Crippen molar-refractivity contribution in [3.8, 4) is 0 Å². The molecule has 1 fully saturated rings. The highest BCUT2D eigenvalue weighted by molar-refractivity contribution is 6.30. The molecule has 0 aliphatic heterocycles. The Morgan fingerprint density at radius 3 is 2.60 bits per heavy atom. The van der Waals surface area contributed by atoms with Crippen molar-refractivity contribution >= 4 is 28.8 Å². The Bertz CT molecular complexity index is 874. The fourth-order valence-corrected chi connectivity index (χ4v) is 3.66. The zero-order valence-electron chi connectivity index (χ0n) is 14.2. The van der Waals surface area contributed by atoms with Crippen molar-refractivity contribution in [2.45, 2.75) is 44.7 Å². The second-order valence-corrected chi connectivity index (χ2v) is 7.18. The minimum atomic E-state index is 0.456. The number of aromatic nitrogens is 2. The van der Waals surface area contributed by atoms with Gasteiger partial charge in [0.05, 0.1) is 23.3 Å². The van der Waals surface area contributed by atoms with Crippen molar-refractivity contribution in [2.24, 2.45) is 4.99 Å². The summed E-state index contributed by atoms with van der Waals surface area (Å²) >= 11 is 6.02. The number of fused-ring (bicyclic) bond motifs is 1. The molecule has 0 unspecified atom stereocenters. The van der Waals surface area contributed by atoms with Crippen LogP contribution in [0.5, 0.6) is 0 Å². The van der Waals surface area contributed by atoms with E-state index in [2.05, 4.69) is 34.9 Å². The molecule has 0 spiro atoms. The number of nitrogens with zero attached hydrogens (tertiary/aromatic N) is 3. The van der Waals surface area contributed by atoms with Crippen molar-refractivity contribution < 1.29 is 0 Å². The van der Waals surface area contributed by atoms with Gasteiger partial charge in [0, 0.05) is 11.6 Å². The van der Waals surface area contributed by atoms with E-state index in [9.17, 15) is 0 Å². The molecule has 4 rings (SSSR count). The number of benzene rings is 2. The minimum absolute atomic E-state index is 0.456. The largest absolute Gasteiger partial charge is 0.319 e. The molecule has 0 atom stereocenters. The summed E-state index contributed by atoms with van der Waals surface area (Å²) in [5.41, 5.74) is 3.36. The molecule has 0 saturated heterocycles. The van der Waals surface area contributed by atoms with Crippen LogP contribution in [-0.4, -0.2) is 21.8 Å². The number of hydrogen-bond donors (Lipinski definition) is 0. The van der Waals surface area contributed by atoms with Crippen LogP contribution in [0, 0.1) is 0 Å². The SMILES string of the molecule is Clc1ccc(Cn2c(C=NC3CCCCC3)nc3ccccc32)cc1. The average molecular weight is 352 g/mol. The van der Waals surface area contributed by atoms with Crippen molar-refractivity contribution in [1.29, 1.82) is 0 Å². The van der Waals surface area contributed by atoms with Crippen molar-refractivity contribution in [1.82, 2.24) is 9.55 Å². The zero-order chi connectivity index (χ0) is 17.1. The first-order valence-corrected chi connectivity index (χ1v) is 9.40. The fourth-order valence-electron chi connectivity index (χ4n) is 3.53. The third kappa shape index (κ3) is 3.77. The van der Waals surface area contributed by atoms with Crippen LogP contribution in [0.1, 0.15) is 43.5 Å². The second kappa shape index (κ2) is 7.40. The minimum Gasteiger partial charge on any atom is -0.319 e. The van der Waals surface area contributed by atoms with E-state index < -0.39 is 0 Å². The van der Waals surface area contributed by atoms with E-state index in [1.165, 1.54) is 37.7 Å². The molecule has 0 N–H and O–H groups in total. The summed E-state index contributed by atoms with van der Waals surface area (Å²) in [7, 11) is 0. The van der Waals surface area contributed by atoms with Crippen LogP contribution in [0.15, 0.2) is 53.5 Å². The van der Waals surface area contributed by atoms with Crippen LogP contribution in [0.3, 0.4) is 0 Å². The lowest BCUT2D eigenvalue weighted by molar-refractivity contribution is 0.444. The summed E-state index contributed by atoms with van der Waals surface area (Å²) in [4.78, 5) is 9.63. The van der Waals surface area contributed by atoms with E-state index in [0.717, 1.165) is 28.4 Å². The Labute approximate surface area is 153 Å². The van der Waals surface area contributed by atoms with Gasteiger partial charge in [-0.05, 0) is 42.7 Å². The molecule has 1 aliphatic rings. The molecule has 0 amide bonds. The summed E-state index contributed by atoms with van der Waals surface area (Å²) in [6, 6.07) is 16.7. The topological polar surface area (TPSA) is 30.2 Å². The Morgan fingerprint density at radius 2 is 1.80 bits per heavy atom. The molecule has 1 heterocycles. The van der Waals surface area contributed by atoms with E-state index in [0.29, 0.717) is 6.04 Å². The van der Waals surface area contributed by atoms with Crippen molar-refractivity contribution in [3.05, 3.63) is 64.9 Å². The first-order chi connectivity index (χ1) is 12.3. The molecular weight excluding hydrogens is 330 g/mol. The molecule has 1 aromatic heterocycles. The Kier molecular flexibility index (Phi) is 4.84. The second-order valence-electron chi connectivity index (χ2n) is 6.74. The van der Waals surface area contributed by atoms with Gasteiger partial charge in [0.15, 0.2) is 5.82 Å². The average Bonchev–Trinajstić information content (AvgIpc) is 3.00. The Hall–Kier alpha value is -2.13. The van der Waals surface area contributed by atoms with E-state index in [1.54, 1.807) is 0 Å². The Morgan fingerprint density at radius 1 is 1.04 bits per heavy atom. The van der Waals surface area contributed by atoms with Gasteiger partial charge in [0.25, 0.3) is 0 Å². The van der Waals surface area contributed by atoms with Crippen LogP contribution in [-0.2, 0) is 6.54 Å². The van der Waals surface area contributed by atoms with Crippen molar-refractivity contribution in [2.75, 3.05) is 0 Å². The van der Waals surface area contributed by atoms with Crippen LogP contribution < -0.4 is 0 Å². The van der Waals surface area contributed by atoms with Gasteiger partial charge < -0.3 is 4.57 Å². The van der Waals surface area contributed by atoms with E-state index >= 15 is 0 Å². The van der Waals surface area contributed by atoms with Gasteiger partial charge in [0.1, 0.15) is 0 Å². The van der Waals surface area contributed by atoms with E-state index in [-0.39, 0.29) is 0 Å². The van der Waals surface area contributed by atoms with Gasteiger partial charge in [-0.25, -0.2) is 4.98 Å². The first kappa shape index (κ1) is 16.3. The Balaban J connectivity index is 1.67. The van der Waals surface area contributed by atoms with Gasteiger partial charge in [-0.2, -0.15) is 0 Å². The van der Waals surface area contributed by atoms with Crippen molar-refractivity contribution in [3.63, 3.8) is 0 Å². The molecular formula is C21H22ClN3. The van der Waals surface area contributed by atoms with Gasteiger partial charge in [0.2, 0.25) is 0 Å². The first-order valence-electron chi connectivity index (χ1n) is 9.02. The maximum Gasteiger partial charge on any atom is 0.152 e. The monoisotopic (exact) mass is 351 g/mol. The quantitative estimate of drug-likeness (QED) is 0.571. The molecule has 1 aliphatic carbocycles. The van der Waals surface area contributed by atoms with Crippen LogP contribution >= 0.6 is 11.6 Å². The standard InChI is InChI=1S/C21H22ClN3/c22-17-12-10-16(11-13-17)15-25-20-9-5-4-8-19(20)24-21(25)14-23-18-6-2-1-3-7-18/h4-5,8-14,18H,1-3,6-7,15H2. The zero-order valence-corrected chi connectivity index (χ0v) is 15.0. The van der Waals surface area contributed by atoms with Crippen LogP contribution in [0.4, 0.5) is 0 Å².